The number of hydrogen-bond donors (Lipinski definition) is 2. The minimum Gasteiger partial charge on any atom is -0.497 e. The maximum Gasteiger partial charge on any atom is 0.242 e. The third-order valence-electron chi connectivity index (χ3n) is 2.28. The van der Waals surface area contributed by atoms with Crippen LogP contribution in [-0.2, 0) is 4.79 Å². The molecule has 4 heteroatoms. The van der Waals surface area contributed by atoms with Gasteiger partial charge in [-0.15, -0.1) is 0 Å². The predicted molar refractivity (Wildman–Crippen MR) is 69.4 cm³/mol. The molecule has 1 atom stereocenters. The smallest absolute Gasteiger partial charge is 0.242 e. The zero-order valence-corrected chi connectivity index (χ0v) is 10.8. The van der Waals surface area contributed by atoms with Gasteiger partial charge in [0.05, 0.1) is 7.11 Å². The summed E-state index contributed by atoms with van der Waals surface area (Å²) in [6.45, 7) is 5.71. The van der Waals surface area contributed by atoms with Crippen LogP contribution in [0, 0.1) is 0 Å². The van der Waals surface area contributed by atoms with Gasteiger partial charge in [-0.2, -0.15) is 0 Å². The fourth-order valence-electron chi connectivity index (χ4n) is 1.44. The summed E-state index contributed by atoms with van der Waals surface area (Å²) in [5.41, 5.74) is 0.871. The van der Waals surface area contributed by atoms with E-state index in [4.69, 9.17) is 4.74 Å². The first-order valence-electron chi connectivity index (χ1n) is 5.74. The molecule has 0 saturated heterocycles. The largest absolute Gasteiger partial charge is 0.497 e. The van der Waals surface area contributed by atoms with Gasteiger partial charge in [0, 0.05) is 17.8 Å². The molecule has 1 amide bonds. The summed E-state index contributed by atoms with van der Waals surface area (Å²) < 4.78 is 5.12. The van der Waals surface area contributed by atoms with Crippen molar-refractivity contribution < 1.29 is 9.53 Å². The Morgan fingerprint density at radius 2 is 2.00 bits per heavy atom. The van der Waals surface area contributed by atoms with Crippen LogP contribution in [0.4, 0.5) is 5.69 Å². The molecule has 0 aromatic heterocycles. The van der Waals surface area contributed by atoms with Gasteiger partial charge in [-0.05, 0) is 32.9 Å². The molecule has 0 aliphatic carbocycles. The highest BCUT2D eigenvalue weighted by Crippen LogP contribution is 2.17. The molecule has 1 aromatic carbocycles. The summed E-state index contributed by atoms with van der Waals surface area (Å²) in [4.78, 5) is 11.7. The van der Waals surface area contributed by atoms with Crippen LogP contribution in [0.3, 0.4) is 0 Å². The molecule has 0 fully saturated rings. The van der Waals surface area contributed by atoms with Crippen molar-refractivity contribution in [3.05, 3.63) is 24.3 Å². The number of hydrogen-bond acceptors (Lipinski definition) is 3. The van der Waals surface area contributed by atoms with Gasteiger partial charge in [-0.1, -0.05) is 6.07 Å². The van der Waals surface area contributed by atoms with E-state index in [0.29, 0.717) is 0 Å². The van der Waals surface area contributed by atoms with Gasteiger partial charge in [0.15, 0.2) is 0 Å². The average molecular weight is 236 g/mol. The Morgan fingerprint density at radius 1 is 1.29 bits per heavy atom. The van der Waals surface area contributed by atoms with Crippen LogP contribution in [0.2, 0.25) is 0 Å². The van der Waals surface area contributed by atoms with Crippen LogP contribution in [0.5, 0.6) is 5.75 Å². The number of ether oxygens (including phenoxy) is 1. The Hall–Kier alpha value is -1.71. The molecule has 1 rings (SSSR count). The van der Waals surface area contributed by atoms with E-state index in [1.165, 1.54) is 0 Å². The number of benzene rings is 1. The third kappa shape index (κ3) is 4.34. The number of rotatable bonds is 5. The standard InChI is InChI=1S/C13H20N2O2/c1-9(2)14-13(16)10(3)15-11-6-5-7-12(8-11)17-4/h5-10,15H,1-4H3,(H,14,16). The second kappa shape index (κ2) is 6.13. The van der Waals surface area contributed by atoms with Crippen LogP contribution in [-0.4, -0.2) is 25.1 Å². The van der Waals surface area contributed by atoms with Gasteiger partial charge in [0.2, 0.25) is 5.91 Å². The van der Waals surface area contributed by atoms with Crippen molar-refractivity contribution in [1.82, 2.24) is 5.32 Å². The Morgan fingerprint density at radius 3 is 2.59 bits per heavy atom. The summed E-state index contributed by atoms with van der Waals surface area (Å²) in [7, 11) is 1.62. The lowest BCUT2D eigenvalue weighted by molar-refractivity contribution is -0.122. The molecule has 0 aliphatic heterocycles. The normalized spacial score (nSPS) is 12.1. The number of nitrogens with one attached hydrogen (secondary N) is 2. The number of carbonyl (C=O) groups is 1. The molecule has 4 nitrogen and oxygen atoms in total. The SMILES string of the molecule is COc1cccc(NC(C)C(=O)NC(C)C)c1. The van der Waals surface area contributed by atoms with Crippen molar-refractivity contribution >= 4 is 11.6 Å². The topological polar surface area (TPSA) is 50.4 Å². The van der Waals surface area contributed by atoms with E-state index >= 15 is 0 Å². The second-order valence-corrected chi connectivity index (χ2v) is 4.26. The lowest BCUT2D eigenvalue weighted by Gasteiger charge is -2.17. The van der Waals surface area contributed by atoms with Crippen molar-refractivity contribution in [2.75, 3.05) is 12.4 Å². The van der Waals surface area contributed by atoms with E-state index in [2.05, 4.69) is 10.6 Å². The average Bonchev–Trinajstić information content (AvgIpc) is 2.28. The van der Waals surface area contributed by atoms with E-state index in [1.807, 2.05) is 45.0 Å². The molecule has 0 heterocycles. The van der Waals surface area contributed by atoms with Crippen LogP contribution < -0.4 is 15.4 Å². The van der Waals surface area contributed by atoms with Gasteiger partial charge >= 0.3 is 0 Å². The van der Waals surface area contributed by atoms with E-state index in [-0.39, 0.29) is 18.0 Å². The van der Waals surface area contributed by atoms with Gasteiger partial charge in [0.1, 0.15) is 11.8 Å². The first kappa shape index (κ1) is 13.4. The maximum atomic E-state index is 11.7. The Balaban J connectivity index is 2.60. The highest BCUT2D eigenvalue weighted by molar-refractivity contribution is 5.84. The molecule has 17 heavy (non-hydrogen) atoms. The highest BCUT2D eigenvalue weighted by atomic mass is 16.5. The van der Waals surface area contributed by atoms with Gasteiger partial charge in [-0.3, -0.25) is 4.79 Å². The van der Waals surface area contributed by atoms with Gasteiger partial charge in [0.25, 0.3) is 0 Å². The molecule has 2 N–H and O–H groups in total. The fourth-order valence-corrected chi connectivity index (χ4v) is 1.44. The van der Waals surface area contributed by atoms with Crippen molar-refractivity contribution in [3.63, 3.8) is 0 Å². The first-order valence-corrected chi connectivity index (χ1v) is 5.74. The third-order valence-corrected chi connectivity index (χ3v) is 2.28. The summed E-state index contributed by atoms with van der Waals surface area (Å²) >= 11 is 0. The van der Waals surface area contributed by atoms with Crippen molar-refractivity contribution in [2.24, 2.45) is 0 Å². The summed E-state index contributed by atoms with van der Waals surface area (Å²) in [6.07, 6.45) is 0. The van der Waals surface area contributed by atoms with E-state index in [1.54, 1.807) is 7.11 Å². The van der Waals surface area contributed by atoms with E-state index < -0.39 is 0 Å². The molecule has 0 aliphatic rings. The van der Waals surface area contributed by atoms with Crippen molar-refractivity contribution in [3.8, 4) is 5.75 Å². The van der Waals surface area contributed by atoms with Crippen LogP contribution >= 0.6 is 0 Å². The Kier molecular flexibility index (Phi) is 4.82. The first-order chi connectivity index (χ1) is 8.02. The lowest BCUT2D eigenvalue weighted by Crippen LogP contribution is -2.40. The number of methoxy groups -OCH3 is 1. The highest BCUT2D eigenvalue weighted by Gasteiger charge is 2.13. The van der Waals surface area contributed by atoms with Crippen LogP contribution in [0.15, 0.2) is 24.3 Å². The van der Waals surface area contributed by atoms with Crippen LogP contribution in [0.25, 0.3) is 0 Å². The van der Waals surface area contributed by atoms with E-state index in [0.717, 1.165) is 11.4 Å². The molecule has 0 spiro atoms. The zero-order valence-electron chi connectivity index (χ0n) is 10.8. The lowest BCUT2D eigenvalue weighted by atomic mass is 10.2. The van der Waals surface area contributed by atoms with E-state index in [9.17, 15) is 4.79 Å². The number of carbonyl (C=O) groups excluding carboxylic acids is 1. The number of amides is 1. The Labute approximate surface area is 102 Å². The van der Waals surface area contributed by atoms with Crippen LogP contribution in [0.1, 0.15) is 20.8 Å². The van der Waals surface area contributed by atoms with Gasteiger partial charge in [-0.25, -0.2) is 0 Å². The quantitative estimate of drug-likeness (QED) is 0.822. The molecule has 1 aromatic rings. The molecule has 94 valence electrons. The van der Waals surface area contributed by atoms with Crippen molar-refractivity contribution in [1.29, 1.82) is 0 Å². The zero-order chi connectivity index (χ0) is 12.8. The molecule has 0 bridgehead atoms. The summed E-state index contributed by atoms with van der Waals surface area (Å²) in [5, 5.41) is 5.99. The maximum absolute atomic E-state index is 11.7. The molecular formula is C13H20N2O2. The second-order valence-electron chi connectivity index (χ2n) is 4.26. The minimum atomic E-state index is -0.274. The predicted octanol–water partition coefficient (Wildman–Crippen LogP) is 2.02. The fraction of sp³-hybridized carbons (Fsp3) is 0.462. The minimum absolute atomic E-state index is 0.0113. The molecule has 0 saturated carbocycles. The molecular weight excluding hydrogens is 216 g/mol. The molecule has 1 unspecified atom stereocenters. The van der Waals surface area contributed by atoms with Crippen molar-refractivity contribution in [2.45, 2.75) is 32.9 Å². The van der Waals surface area contributed by atoms with Gasteiger partial charge < -0.3 is 15.4 Å². The summed E-state index contributed by atoms with van der Waals surface area (Å²) in [5.74, 6) is 0.759. The Bertz CT molecular complexity index is 377. The summed E-state index contributed by atoms with van der Waals surface area (Å²) in [6, 6.07) is 7.39. The monoisotopic (exact) mass is 236 g/mol. The number of anilines is 1. The molecule has 0 radical (unpaired) electrons.